The zero-order chi connectivity index (χ0) is 18.7. The Morgan fingerprint density at radius 2 is 1.85 bits per heavy atom. The molecule has 1 heterocycles. The number of carboxylic acids is 1. The van der Waals surface area contributed by atoms with E-state index in [9.17, 15) is 14.7 Å². The maximum atomic E-state index is 12.4. The molecule has 0 spiro atoms. The number of ether oxygens (including phenoxy) is 1. The first-order valence-electron chi connectivity index (χ1n) is 8.09. The van der Waals surface area contributed by atoms with Crippen molar-refractivity contribution in [1.82, 2.24) is 4.90 Å². The lowest BCUT2D eigenvalue weighted by molar-refractivity contribution is -0.141. The highest BCUT2D eigenvalue weighted by Gasteiger charge is 2.41. The molecule has 7 heteroatoms. The molecule has 1 aliphatic heterocycles. The van der Waals surface area contributed by atoms with Gasteiger partial charge in [0.2, 0.25) is 0 Å². The second kappa shape index (κ2) is 7.98. The summed E-state index contributed by atoms with van der Waals surface area (Å²) >= 11 is 12.2. The third kappa shape index (κ3) is 4.11. The first kappa shape index (κ1) is 18.5. The third-order valence-corrected chi connectivity index (χ3v) is 5.02. The molecule has 5 nitrogen and oxygen atoms in total. The topological polar surface area (TPSA) is 66.8 Å². The number of carboxylic acid groups (broad SMARTS) is 1. The minimum Gasteiger partial charge on any atom is -0.481 e. The molecule has 1 amide bonds. The molecule has 0 aliphatic carbocycles. The molecule has 1 saturated heterocycles. The van der Waals surface area contributed by atoms with Gasteiger partial charge in [0.15, 0.2) is 0 Å². The number of aliphatic carboxylic acids is 1. The summed E-state index contributed by atoms with van der Waals surface area (Å²) in [4.78, 5) is 25.4. The van der Waals surface area contributed by atoms with Crippen molar-refractivity contribution in [3.05, 3.63) is 69.7 Å². The number of halogens is 2. The van der Waals surface area contributed by atoms with Gasteiger partial charge in [0.1, 0.15) is 6.61 Å². The van der Waals surface area contributed by atoms with Crippen molar-refractivity contribution in [2.45, 2.75) is 12.5 Å². The van der Waals surface area contributed by atoms with Crippen molar-refractivity contribution in [3.8, 4) is 0 Å². The number of rotatable bonds is 4. The monoisotopic (exact) mass is 393 g/mol. The van der Waals surface area contributed by atoms with Gasteiger partial charge >= 0.3 is 12.1 Å². The molecule has 2 aromatic carbocycles. The SMILES string of the molecule is O=C(O)[C@@H]1CN(C(=O)OCc2ccccc2)C[C@@H]1c1ccc(Cl)cc1Cl. The maximum absolute atomic E-state index is 12.4. The summed E-state index contributed by atoms with van der Waals surface area (Å²) in [5.41, 5.74) is 1.54. The van der Waals surface area contributed by atoms with Crippen LogP contribution in [0.3, 0.4) is 0 Å². The average molecular weight is 394 g/mol. The standard InChI is InChI=1S/C19H17Cl2NO4/c20-13-6-7-14(17(21)8-13)15-9-22(10-16(15)18(23)24)19(25)26-11-12-4-2-1-3-5-12/h1-8,15-16H,9-11H2,(H,23,24)/t15-,16-/m1/s1. The zero-order valence-electron chi connectivity index (χ0n) is 13.8. The van der Waals surface area contributed by atoms with E-state index in [1.807, 2.05) is 30.3 Å². The van der Waals surface area contributed by atoms with Gasteiger partial charge in [0.05, 0.1) is 5.92 Å². The molecule has 0 saturated carbocycles. The Morgan fingerprint density at radius 3 is 2.50 bits per heavy atom. The van der Waals surface area contributed by atoms with Crippen LogP contribution in [0.2, 0.25) is 10.0 Å². The van der Waals surface area contributed by atoms with Crippen molar-refractivity contribution in [2.75, 3.05) is 13.1 Å². The molecule has 3 rings (SSSR count). The summed E-state index contributed by atoms with van der Waals surface area (Å²) in [6.07, 6.45) is -0.535. The summed E-state index contributed by atoms with van der Waals surface area (Å²) in [6.45, 7) is 0.443. The van der Waals surface area contributed by atoms with E-state index < -0.39 is 23.9 Å². The van der Waals surface area contributed by atoms with E-state index in [4.69, 9.17) is 27.9 Å². The van der Waals surface area contributed by atoms with E-state index in [0.29, 0.717) is 15.6 Å². The molecule has 26 heavy (non-hydrogen) atoms. The van der Waals surface area contributed by atoms with Gasteiger partial charge in [-0.05, 0) is 23.3 Å². The number of likely N-dealkylation sites (tertiary alicyclic amines) is 1. The van der Waals surface area contributed by atoms with Crippen LogP contribution in [-0.2, 0) is 16.1 Å². The first-order chi connectivity index (χ1) is 12.5. The molecule has 2 aromatic rings. The van der Waals surface area contributed by atoms with E-state index in [-0.39, 0.29) is 19.7 Å². The van der Waals surface area contributed by atoms with Gasteiger partial charge in [0, 0.05) is 29.1 Å². The molecule has 0 aromatic heterocycles. The number of hydrogen-bond donors (Lipinski definition) is 1. The minimum absolute atomic E-state index is 0.0760. The molecule has 1 aliphatic rings. The van der Waals surface area contributed by atoms with Crippen LogP contribution >= 0.6 is 23.2 Å². The van der Waals surface area contributed by atoms with Gasteiger partial charge in [-0.25, -0.2) is 4.79 Å². The Bertz CT molecular complexity index is 812. The molecule has 0 unspecified atom stereocenters. The Balaban J connectivity index is 1.72. The fraction of sp³-hybridized carbons (Fsp3) is 0.263. The van der Waals surface area contributed by atoms with E-state index in [0.717, 1.165) is 5.56 Å². The normalized spacial score (nSPS) is 19.4. The van der Waals surface area contributed by atoms with Crippen LogP contribution in [0.25, 0.3) is 0 Å². The summed E-state index contributed by atoms with van der Waals surface area (Å²) < 4.78 is 5.31. The van der Waals surface area contributed by atoms with Gasteiger partial charge in [-0.2, -0.15) is 0 Å². The number of carbonyl (C=O) groups excluding carboxylic acids is 1. The second-order valence-corrected chi connectivity index (χ2v) is 7.01. The number of nitrogens with zero attached hydrogens (tertiary/aromatic N) is 1. The van der Waals surface area contributed by atoms with E-state index in [2.05, 4.69) is 0 Å². The van der Waals surface area contributed by atoms with Gasteiger partial charge < -0.3 is 14.7 Å². The lowest BCUT2D eigenvalue weighted by Gasteiger charge is -2.17. The molecule has 2 atom stereocenters. The number of amides is 1. The fourth-order valence-electron chi connectivity index (χ4n) is 3.13. The number of benzene rings is 2. The lowest BCUT2D eigenvalue weighted by Crippen LogP contribution is -2.30. The van der Waals surface area contributed by atoms with Gasteiger partial charge in [-0.3, -0.25) is 4.79 Å². The van der Waals surface area contributed by atoms with Crippen LogP contribution in [0, 0.1) is 5.92 Å². The Morgan fingerprint density at radius 1 is 1.12 bits per heavy atom. The van der Waals surface area contributed by atoms with Crippen molar-refractivity contribution in [3.63, 3.8) is 0 Å². The third-order valence-electron chi connectivity index (χ3n) is 4.46. The van der Waals surface area contributed by atoms with E-state index >= 15 is 0 Å². The summed E-state index contributed by atoms with van der Waals surface area (Å²) in [7, 11) is 0. The Hall–Kier alpha value is -2.24. The molecule has 0 bridgehead atoms. The lowest BCUT2D eigenvalue weighted by atomic mass is 9.89. The predicted molar refractivity (Wildman–Crippen MR) is 98.5 cm³/mol. The first-order valence-corrected chi connectivity index (χ1v) is 8.84. The van der Waals surface area contributed by atoms with Crippen molar-refractivity contribution < 1.29 is 19.4 Å². The van der Waals surface area contributed by atoms with E-state index in [1.165, 1.54) is 4.90 Å². The minimum atomic E-state index is -0.973. The molecule has 0 radical (unpaired) electrons. The van der Waals surface area contributed by atoms with Crippen LogP contribution in [0.1, 0.15) is 17.0 Å². The average Bonchev–Trinajstić information content (AvgIpc) is 3.06. The van der Waals surface area contributed by atoms with Gasteiger partial charge in [-0.1, -0.05) is 59.6 Å². The summed E-state index contributed by atoms with van der Waals surface area (Å²) in [6, 6.07) is 14.3. The van der Waals surface area contributed by atoms with Crippen molar-refractivity contribution in [1.29, 1.82) is 0 Å². The fourth-order valence-corrected chi connectivity index (χ4v) is 3.68. The number of hydrogen-bond acceptors (Lipinski definition) is 3. The zero-order valence-corrected chi connectivity index (χ0v) is 15.3. The summed E-state index contributed by atoms with van der Waals surface area (Å²) in [5.74, 6) is -2.14. The molecule has 1 N–H and O–H groups in total. The largest absolute Gasteiger partial charge is 0.481 e. The maximum Gasteiger partial charge on any atom is 0.410 e. The molecule has 136 valence electrons. The second-order valence-electron chi connectivity index (χ2n) is 6.16. The highest BCUT2D eigenvalue weighted by Crippen LogP contribution is 2.37. The summed E-state index contributed by atoms with van der Waals surface area (Å²) in [5, 5.41) is 10.4. The van der Waals surface area contributed by atoms with Crippen molar-refractivity contribution >= 4 is 35.3 Å². The molecular weight excluding hydrogens is 377 g/mol. The van der Waals surface area contributed by atoms with Crippen molar-refractivity contribution in [2.24, 2.45) is 5.92 Å². The van der Waals surface area contributed by atoms with Crippen LogP contribution in [0.4, 0.5) is 4.79 Å². The van der Waals surface area contributed by atoms with Crippen LogP contribution < -0.4 is 0 Å². The Kier molecular flexibility index (Phi) is 5.69. The van der Waals surface area contributed by atoms with E-state index in [1.54, 1.807) is 18.2 Å². The smallest absolute Gasteiger partial charge is 0.410 e. The van der Waals surface area contributed by atoms with Crippen LogP contribution in [-0.4, -0.2) is 35.2 Å². The Labute approximate surface area is 161 Å². The quantitative estimate of drug-likeness (QED) is 0.833. The highest BCUT2D eigenvalue weighted by atomic mass is 35.5. The van der Waals surface area contributed by atoms with Crippen LogP contribution in [0.5, 0.6) is 0 Å². The molecular formula is C19H17Cl2NO4. The predicted octanol–water partition coefficient (Wildman–Crippen LogP) is 4.43. The van der Waals surface area contributed by atoms with Gasteiger partial charge in [0.25, 0.3) is 0 Å². The molecule has 1 fully saturated rings. The number of carbonyl (C=O) groups is 2. The van der Waals surface area contributed by atoms with Gasteiger partial charge in [-0.15, -0.1) is 0 Å². The van der Waals surface area contributed by atoms with Crippen LogP contribution in [0.15, 0.2) is 48.5 Å². The highest BCUT2D eigenvalue weighted by molar-refractivity contribution is 6.35.